The largest absolute Gasteiger partial charge is 0.470 e. The lowest BCUT2D eigenvalue weighted by Gasteiger charge is -2.46. The Hall–Kier alpha value is -7.36. The van der Waals surface area contributed by atoms with Crippen molar-refractivity contribution in [1.82, 2.24) is 0 Å². The van der Waals surface area contributed by atoms with Gasteiger partial charge in [0.05, 0.1) is 5.66 Å². The molecule has 1 unspecified atom stereocenters. The van der Waals surface area contributed by atoms with Gasteiger partial charge in [-0.1, -0.05) is 246 Å². The zero-order valence-electron chi connectivity index (χ0n) is 51.7. The Morgan fingerprint density at radius 2 is 1.07 bits per heavy atom. The number of hydrogen-bond donors (Lipinski definition) is 0. The van der Waals surface area contributed by atoms with E-state index in [1.807, 2.05) is 0 Å². The lowest BCUT2D eigenvalue weighted by Crippen LogP contribution is -2.55. The summed E-state index contributed by atoms with van der Waals surface area (Å²) in [5, 5.41) is 1.18. The highest BCUT2D eigenvalue weighted by Gasteiger charge is 2.47. The molecule has 0 amide bonds. The van der Waals surface area contributed by atoms with Crippen LogP contribution in [-0.2, 0) is 32.5 Å². The first-order valence-corrected chi connectivity index (χ1v) is 30.4. The van der Waals surface area contributed by atoms with Gasteiger partial charge in [-0.05, 0) is 187 Å². The van der Waals surface area contributed by atoms with Gasteiger partial charge in [-0.25, -0.2) is 0 Å². The number of fused-ring (bicyclic) bond motifs is 6. The minimum Gasteiger partial charge on any atom is -0.470 e. The van der Waals surface area contributed by atoms with Gasteiger partial charge in [0.2, 0.25) is 0 Å². The van der Waals surface area contributed by atoms with E-state index >= 15 is 0 Å². The van der Waals surface area contributed by atoms with Crippen molar-refractivity contribution in [3.05, 3.63) is 236 Å². The van der Waals surface area contributed by atoms with Gasteiger partial charge < -0.3 is 9.32 Å². The Morgan fingerprint density at radius 1 is 0.500 bits per heavy atom. The molecule has 0 bridgehead atoms. The molecule has 8 aromatic carbocycles. The summed E-state index contributed by atoms with van der Waals surface area (Å²) in [6.07, 6.45) is 14.2. The van der Waals surface area contributed by atoms with Gasteiger partial charge in [-0.2, -0.15) is 0 Å². The van der Waals surface area contributed by atoms with E-state index < -0.39 is 0 Å². The van der Waals surface area contributed by atoms with E-state index in [1.54, 1.807) is 0 Å². The number of rotatable bonds is 8. The maximum Gasteiger partial charge on any atom is 0.290 e. The molecule has 0 spiro atoms. The molecule has 12 rings (SSSR count). The summed E-state index contributed by atoms with van der Waals surface area (Å²) in [5.74, 6) is 0. The molecule has 0 N–H and O–H groups in total. The number of furan rings is 1. The lowest BCUT2D eigenvalue weighted by molar-refractivity contribution is 0.332. The number of anilines is 3. The molecule has 1 aromatic heterocycles. The number of aryl methyl sites for hydroxylation is 2. The smallest absolute Gasteiger partial charge is 0.290 e. The summed E-state index contributed by atoms with van der Waals surface area (Å²) in [5.41, 5.74) is 27.3. The molecule has 1 atom stereocenters. The van der Waals surface area contributed by atoms with Crippen molar-refractivity contribution in [2.75, 3.05) is 4.90 Å². The predicted molar refractivity (Wildman–Crippen MR) is 355 cm³/mol. The van der Waals surface area contributed by atoms with Gasteiger partial charge in [0.25, 0.3) is 6.71 Å². The van der Waals surface area contributed by atoms with Crippen LogP contribution in [0.25, 0.3) is 46.4 Å². The van der Waals surface area contributed by atoms with Crippen LogP contribution in [0.4, 0.5) is 17.1 Å². The average Bonchev–Trinajstić information content (AvgIpc) is 2.39. The summed E-state index contributed by atoms with van der Waals surface area (Å²) >= 11 is 0. The molecule has 3 aliphatic rings. The van der Waals surface area contributed by atoms with Crippen molar-refractivity contribution < 1.29 is 4.42 Å². The Labute approximate surface area is 491 Å². The van der Waals surface area contributed by atoms with E-state index in [2.05, 4.69) is 297 Å². The maximum absolute atomic E-state index is 7.88. The Morgan fingerprint density at radius 3 is 1.71 bits per heavy atom. The second kappa shape index (κ2) is 19.9. The molecule has 3 heteroatoms. The van der Waals surface area contributed by atoms with Crippen LogP contribution in [0.5, 0.6) is 0 Å². The number of hydrogen-bond acceptors (Lipinski definition) is 2. The van der Waals surface area contributed by atoms with E-state index in [0.29, 0.717) is 0 Å². The Kier molecular flexibility index (Phi) is 13.4. The SMILES string of the molecule is Cc1ccc(C(C)(C)C)cc1C1(C)CCC(C)(C)c2ccc3c(c21)C=Cc1cc(N(c2ccccc2)c2ccccc2)cc(C)c1B3c1oc2cc3c(cc2c1/C=C\c1ccc(C(C)(C)C)cc1-c1ccccc1)C(C)(C)CCC3(C)C. The second-order valence-electron chi connectivity index (χ2n) is 28.8. The van der Waals surface area contributed by atoms with Crippen LogP contribution >= 0.6 is 0 Å². The number of nitrogens with zero attached hydrogens (tertiary/aromatic N) is 1. The Bertz CT molecular complexity index is 3960. The minimum atomic E-state index is -0.273. The predicted octanol–water partition coefficient (Wildman–Crippen LogP) is 19.7. The fourth-order valence-electron chi connectivity index (χ4n) is 14.5. The van der Waals surface area contributed by atoms with Crippen LogP contribution in [-0.4, -0.2) is 6.71 Å². The summed E-state index contributed by atoms with van der Waals surface area (Å²) in [6.45, 7) is 35.7. The van der Waals surface area contributed by atoms with Crippen molar-refractivity contribution >= 4 is 75.6 Å². The van der Waals surface area contributed by atoms with Crippen LogP contribution in [0.15, 0.2) is 168 Å². The van der Waals surface area contributed by atoms with Gasteiger partial charge in [0.15, 0.2) is 0 Å². The van der Waals surface area contributed by atoms with Crippen molar-refractivity contribution in [3.63, 3.8) is 0 Å². The van der Waals surface area contributed by atoms with Gasteiger partial charge >= 0.3 is 0 Å². The highest BCUT2D eigenvalue weighted by Crippen LogP contribution is 2.53. The summed E-state index contributed by atoms with van der Waals surface area (Å²) in [4.78, 5) is 2.42. The summed E-state index contributed by atoms with van der Waals surface area (Å²) in [6, 6.07) is 62.0. The zero-order chi connectivity index (χ0) is 57.9. The van der Waals surface area contributed by atoms with Crippen molar-refractivity contribution in [2.24, 2.45) is 0 Å². The Balaban J connectivity index is 1.19. The quantitative estimate of drug-likeness (QED) is 0.141. The molecule has 0 fully saturated rings. The van der Waals surface area contributed by atoms with E-state index in [4.69, 9.17) is 4.42 Å². The molecule has 1 aliphatic heterocycles. The van der Waals surface area contributed by atoms with Crippen LogP contribution < -0.4 is 21.5 Å². The monoisotopic (exact) mass is 1070 g/mol. The van der Waals surface area contributed by atoms with Gasteiger partial charge in [-0.15, -0.1) is 0 Å². The van der Waals surface area contributed by atoms with Crippen LogP contribution in [0.3, 0.4) is 0 Å². The fraction of sp³-hybridized carbons (Fsp3) is 0.316. The molecule has 82 heavy (non-hydrogen) atoms. The van der Waals surface area contributed by atoms with Gasteiger partial charge in [-0.3, -0.25) is 0 Å². The highest BCUT2D eigenvalue weighted by atomic mass is 16.3. The molecule has 0 saturated carbocycles. The van der Waals surface area contributed by atoms with E-state index in [9.17, 15) is 0 Å². The summed E-state index contributed by atoms with van der Waals surface area (Å²) in [7, 11) is 0. The van der Waals surface area contributed by atoms with Crippen LogP contribution in [0, 0.1) is 13.8 Å². The maximum atomic E-state index is 7.88. The van der Waals surface area contributed by atoms with Crippen molar-refractivity contribution in [3.8, 4) is 11.1 Å². The third-order valence-corrected chi connectivity index (χ3v) is 19.7. The first-order chi connectivity index (χ1) is 38.8. The normalized spacial score (nSPS) is 18.0. The molecule has 2 nitrogen and oxygen atoms in total. The fourth-order valence-corrected chi connectivity index (χ4v) is 14.5. The standard InChI is InChI=1S/C79H84BNO/c1-51-31-35-57(75(6,7)8)48-66(51)79(15)44-43-76(9,10)65-39-40-69-62(71(65)79)38-34-55-46-60(81(58-27-21-17-22-28-58)59-29-23-18-24-30-59)45-52(2)72(55)80(69)73-61(64-49-67-68(50-70(64)82-73)78(13,14)42-41-77(67,11)12)37-33-54-32-36-56(74(3,4)5)47-63(54)53-25-19-16-20-26-53/h16-40,45-50H,41-44H2,1-15H3/b37-33-. The van der Waals surface area contributed by atoms with E-state index in [1.165, 1.54) is 94.2 Å². The van der Waals surface area contributed by atoms with Gasteiger partial charge in [0, 0.05) is 33.4 Å². The van der Waals surface area contributed by atoms with Crippen LogP contribution in [0.1, 0.15) is 188 Å². The topological polar surface area (TPSA) is 16.4 Å². The molecule has 9 aromatic rings. The second-order valence-corrected chi connectivity index (χ2v) is 28.8. The third kappa shape index (κ3) is 9.55. The molecular formula is C79H84BNO. The van der Waals surface area contributed by atoms with Crippen LogP contribution in [0.2, 0.25) is 0 Å². The first-order valence-electron chi connectivity index (χ1n) is 30.4. The molecule has 414 valence electrons. The summed E-state index contributed by atoms with van der Waals surface area (Å²) < 4.78 is 7.88. The minimum absolute atomic E-state index is 0.00127. The molecule has 0 saturated heterocycles. The lowest BCUT2D eigenvalue weighted by atomic mass is 9.36. The molecular weight excluding hydrogens is 990 g/mol. The highest BCUT2D eigenvalue weighted by molar-refractivity contribution is 6.96. The first kappa shape index (κ1) is 55.2. The molecule has 2 aliphatic carbocycles. The number of para-hydroxylation sites is 2. The molecule has 0 radical (unpaired) electrons. The van der Waals surface area contributed by atoms with Gasteiger partial charge in [0.1, 0.15) is 5.58 Å². The average molecular weight is 1070 g/mol. The van der Waals surface area contributed by atoms with Crippen molar-refractivity contribution in [1.29, 1.82) is 0 Å². The molecule has 2 heterocycles. The van der Waals surface area contributed by atoms with E-state index in [0.717, 1.165) is 59.6 Å². The zero-order valence-corrected chi connectivity index (χ0v) is 51.7. The van der Waals surface area contributed by atoms with E-state index in [-0.39, 0.29) is 39.2 Å². The number of benzene rings is 8. The van der Waals surface area contributed by atoms with Crippen molar-refractivity contribution in [2.45, 2.75) is 162 Å². The third-order valence-electron chi connectivity index (χ3n) is 19.7.